The summed E-state index contributed by atoms with van der Waals surface area (Å²) in [4.78, 5) is 0. The lowest BCUT2D eigenvalue weighted by atomic mass is 9.81. The Morgan fingerprint density at radius 3 is 2.72 bits per heavy atom. The van der Waals surface area contributed by atoms with Crippen LogP contribution in [-0.4, -0.2) is 12.6 Å². The van der Waals surface area contributed by atoms with Gasteiger partial charge in [0.25, 0.3) is 0 Å². The van der Waals surface area contributed by atoms with Crippen molar-refractivity contribution in [3.05, 3.63) is 59.7 Å². The second-order valence-electron chi connectivity index (χ2n) is 5.30. The van der Waals surface area contributed by atoms with Crippen molar-refractivity contribution in [2.75, 3.05) is 6.54 Å². The summed E-state index contributed by atoms with van der Waals surface area (Å²) in [7, 11) is 0. The molecule has 0 radical (unpaired) electrons. The maximum atomic E-state index is 3.69. The van der Waals surface area contributed by atoms with E-state index in [-0.39, 0.29) is 0 Å². The molecule has 1 N–H and O–H groups in total. The second kappa shape index (κ2) is 5.53. The Hall–Kier alpha value is -1.34. The Morgan fingerprint density at radius 1 is 1.17 bits per heavy atom. The molecule has 1 heteroatoms. The number of nitrogens with one attached hydrogen (secondary N) is 1. The molecule has 18 heavy (non-hydrogen) atoms. The van der Waals surface area contributed by atoms with Crippen LogP contribution in [0.1, 0.15) is 37.2 Å². The zero-order valence-corrected chi connectivity index (χ0v) is 10.8. The highest BCUT2D eigenvalue weighted by atomic mass is 14.9. The molecular formula is C17H21N. The third kappa shape index (κ3) is 2.41. The van der Waals surface area contributed by atoms with Crippen LogP contribution in [-0.2, 0) is 0 Å². The van der Waals surface area contributed by atoms with Gasteiger partial charge in [-0.15, -0.1) is 0 Å². The maximum absolute atomic E-state index is 3.69. The summed E-state index contributed by atoms with van der Waals surface area (Å²) in [5.74, 6) is 0.568. The SMILES string of the molecule is C1=CCCC(C(c2ccccc2)[C@@H]2CCCN2)=C1. The van der Waals surface area contributed by atoms with Crippen molar-refractivity contribution in [2.24, 2.45) is 0 Å². The predicted octanol–water partition coefficient (Wildman–Crippen LogP) is 3.80. The molecule has 0 bridgehead atoms. The first-order valence-electron chi connectivity index (χ1n) is 7.09. The molecule has 1 aliphatic carbocycles. The predicted molar refractivity (Wildman–Crippen MR) is 76.7 cm³/mol. The van der Waals surface area contributed by atoms with E-state index in [2.05, 4.69) is 53.9 Å². The molecule has 1 nitrogen and oxygen atoms in total. The van der Waals surface area contributed by atoms with Crippen molar-refractivity contribution in [3.63, 3.8) is 0 Å². The van der Waals surface area contributed by atoms with Gasteiger partial charge in [-0.25, -0.2) is 0 Å². The van der Waals surface area contributed by atoms with E-state index in [0.717, 1.165) is 0 Å². The lowest BCUT2D eigenvalue weighted by molar-refractivity contribution is 0.522. The van der Waals surface area contributed by atoms with Crippen LogP contribution >= 0.6 is 0 Å². The summed E-state index contributed by atoms with van der Waals surface area (Å²) < 4.78 is 0. The van der Waals surface area contributed by atoms with Crippen LogP contribution in [0, 0.1) is 0 Å². The van der Waals surface area contributed by atoms with Crippen LogP contribution in [0.3, 0.4) is 0 Å². The van der Waals surface area contributed by atoms with Crippen molar-refractivity contribution in [1.29, 1.82) is 0 Å². The zero-order chi connectivity index (χ0) is 12.2. The van der Waals surface area contributed by atoms with Crippen LogP contribution < -0.4 is 5.32 Å². The molecule has 0 spiro atoms. The third-order valence-electron chi connectivity index (χ3n) is 4.11. The van der Waals surface area contributed by atoms with Gasteiger partial charge in [0, 0.05) is 12.0 Å². The van der Waals surface area contributed by atoms with E-state index in [1.807, 2.05) is 0 Å². The quantitative estimate of drug-likeness (QED) is 0.846. The molecule has 1 aromatic rings. The van der Waals surface area contributed by atoms with Crippen molar-refractivity contribution < 1.29 is 0 Å². The molecule has 1 fully saturated rings. The summed E-state index contributed by atoms with van der Waals surface area (Å²) >= 11 is 0. The Kier molecular flexibility index (Phi) is 3.61. The van der Waals surface area contributed by atoms with Gasteiger partial charge in [-0.1, -0.05) is 54.1 Å². The molecule has 0 saturated carbocycles. The summed E-state index contributed by atoms with van der Waals surface area (Å²) in [5.41, 5.74) is 3.07. The van der Waals surface area contributed by atoms with E-state index >= 15 is 0 Å². The van der Waals surface area contributed by atoms with Gasteiger partial charge in [0.15, 0.2) is 0 Å². The topological polar surface area (TPSA) is 12.0 Å². The molecule has 3 rings (SSSR count). The normalized spacial score (nSPS) is 24.9. The highest BCUT2D eigenvalue weighted by Crippen LogP contribution is 2.35. The van der Waals surface area contributed by atoms with Crippen LogP contribution in [0.25, 0.3) is 0 Å². The van der Waals surface area contributed by atoms with Gasteiger partial charge in [0.1, 0.15) is 0 Å². The molecule has 0 amide bonds. The lowest BCUT2D eigenvalue weighted by Crippen LogP contribution is -2.30. The Morgan fingerprint density at radius 2 is 2.06 bits per heavy atom. The minimum atomic E-state index is 0.568. The first-order valence-corrected chi connectivity index (χ1v) is 7.09. The molecular weight excluding hydrogens is 218 g/mol. The standard InChI is InChI=1S/C17H21N/c1-3-8-14(9-4-1)17(16-12-7-13-18-16)15-10-5-2-6-11-15/h1-5,8-10,16-18H,6-7,11-13H2/t16-,17?/m0/s1. The fourth-order valence-electron chi connectivity index (χ4n) is 3.24. The van der Waals surface area contributed by atoms with E-state index in [9.17, 15) is 0 Å². The molecule has 1 saturated heterocycles. The number of benzene rings is 1. The number of hydrogen-bond donors (Lipinski definition) is 1. The molecule has 0 aromatic heterocycles. The van der Waals surface area contributed by atoms with Crippen LogP contribution in [0.4, 0.5) is 0 Å². The monoisotopic (exact) mass is 239 g/mol. The Bertz CT molecular complexity index is 438. The summed E-state index contributed by atoms with van der Waals surface area (Å²) in [6, 6.07) is 11.6. The fourth-order valence-corrected chi connectivity index (χ4v) is 3.24. The zero-order valence-electron chi connectivity index (χ0n) is 10.8. The van der Waals surface area contributed by atoms with Crippen molar-refractivity contribution in [3.8, 4) is 0 Å². The largest absolute Gasteiger partial charge is 0.313 e. The Labute approximate surface area is 110 Å². The van der Waals surface area contributed by atoms with Gasteiger partial charge in [0.2, 0.25) is 0 Å². The summed E-state index contributed by atoms with van der Waals surface area (Å²) in [5, 5.41) is 3.69. The van der Waals surface area contributed by atoms with Gasteiger partial charge >= 0.3 is 0 Å². The molecule has 1 aromatic carbocycles. The average molecular weight is 239 g/mol. The molecule has 2 atom stereocenters. The van der Waals surface area contributed by atoms with Gasteiger partial charge in [-0.05, 0) is 37.8 Å². The Balaban J connectivity index is 1.92. The minimum absolute atomic E-state index is 0.568. The highest BCUT2D eigenvalue weighted by molar-refractivity contribution is 5.35. The van der Waals surface area contributed by atoms with Gasteiger partial charge in [-0.3, -0.25) is 0 Å². The van der Waals surface area contributed by atoms with E-state index in [4.69, 9.17) is 0 Å². The minimum Gasteiger partial charge on any atom is -0.313 e. The van der Waals surface area contributed by atoms with Crippen molar-refractivity contribution in [2.45, 2.75) is 37.6 Å². The maximum Gasteiger partial charge on any atom is 0.0205 e. The first kappa shape index (κ1) is 11.7. The number of hydrogen-bond acceptors (Lipinski definition) is 1. The molecule has 94 valence electrons. The highest BCUT2D eigenvalue weighted by Gasteiger charge is 2.28. The van der Waals surface area contributed by atoms with E-state index in [0.29, 0.717) is 12.0 Å². The van der Waals surface area contributed by atoms with Crippen molar-refractivity contribution >= 4 is 0 Å². The first-order chi connectivity index (χ1) is 8.95. The van der Waals surface area contributed by atoms with E-state index in [1.165, 1.54) is 37.8 Å². The second-order valence-corrected chi connectivity index (χ2v) is 5.30. The smallest absolute Gasteiger partial charge is 0.0205 e. The molecule has 1 heterocycles. The molecule has 1 aliphatic heterocycles. The third-order valence-corrected chi connectivity index (χ3v) is 4.11. The fraction of sp³-hybridized carbons (Fsp3) is 0.412. The van der Waals surface area contributed by atoms with Crippen LogP contribution in [0.2, 0.25) is 0 Å². The van der Waals surface area contributed by atoms with E-state index < -0.39 is 0 Å². The van der Waals surface area contributed by atoms with Crippen molar-refractivity contribution in [1.82, 2.24) is 5.32 Å². The van der Waals surface area contributed by atoms with Gasteiger partial charge in [0.05, 0.1) is 0 Å². The van der Waals surface area contributed by atoms with Gasteiger partial charge < -0.3 is 5.32 Å². The van der Waals surface area contributed by atoms with Gasteiger partial charge in [-0.2, -0.15) is 0 Å². The summed E-state index contributed by atoms with van der Waals surface area (Å²) in [6.07, 6.45) is 11.9. The average Bonchev–Trinajstić information content (AvgIpc) is 2.95. The molecule has 1 unspecified atom stereocenters. The van der Waals surface area contributed by atoms with Crippen LogP contribution in [0.5, 0.6) is 0 Å². The van der Waals surface area contributed by atoms with Crippen LogP contribution in [0.15, 0.2) is 54.1 Å². The number of allylic oxidation sites excluding steroid dienone is 3. The molecule has 2 aliphatic rings. The lowest BCUT2D eigenvalue weighted by Gasteiger charge is -2.28. The number of rotatable bonds is 3. The van der Waals surface area contributed by atoms with E-state index in [1.54, 1.807) is 5.57 Å². The summed E-state index contributed by atoms with van der Waals surface area (Å²) in [6.45, 7) is 1.18.